The average molecular weight is 538 g/mol. The summed E-state index contributed by atoms with van der Waals surface area (Å²) in [5.74, 6) is 1.94. The molecule has 0 unspecified atom stereocenters. The van der Waals surface area contributed by atoms with E-state index in [-0.39, 0.29) is 18.0 Å². The Morgan fingerprint density at radius 2 is 1.79 bits per heavy atom. The van der Waals surface area contributed by atoms with Gasteiger partial charge in [0.15, 0.2) is 11.5 Å². The van der Waals surface area contributed by atoms with Crippen molar-refractivity contribution in [3.05, 3.63) is 58.7 Å². The molecule has 1 heterocycles. The number of ether oxygens (including phenoxy) is 2. The lowest BCUT2D eigenvalue weighted by Gasteiger charge is -2.12. The fourth-order valence-corrected chi connectivity index (χ4v) is 4.17. The summed E-state index contributed by atoms with van der Waals surface area (Å²) in [7, 11) is -0.670. The van der Waals surface area contributed by atoms with Gasteiger partial charge in [0.1, 0.15) is 5.82 Å². The van der Waals surface area contributed by atoms with Crippen LogP contribution >= 0.6 is 15.9 Å². The SMILES string of the molecule is COc1ccc(CNS(=O)(=O)c2ccc(Nc3ncc(Br)c(NCCO)n3)cc2)cc1OC. The fourth-order valence-electron chi connectivity index (χ4n) is 2.82. The molecule has 0 bridgehead atoms. The van der Waals surface area contributed by atoms with E-state index in [9.17, 15) is 8.42 Å². The molecule has 0 saturated heterocycles. The Labute approximate surface area is 200 Å². The van der Waals surface area contributed by atoms with Crippen LogP contribution in [0.3, 0.4) is 0 Å². The highest BCUT2D eigenvalue weighted by molar-refractivity contribution is 9.10. The zero-order valence-corrected chi connectivity index (χ0v) is 20.4. The fraction of sp³-hybridized carbons (Fsp3) is 0.238. The molecular formula is C21H24BrN5O5S. The van der Waals surface area contributed by atoms with Crippen LogP contribution in [0.2, 0.25) is 0 Å². The Bertz CT molecular complexity index is 1190. The molecule has 0 aliphatic heterocycles. The van der Waals surface area contributed by atoms with Gasteiger partial charge < -0.3 is 25.2 Å². The third-order valence-corrected chi connectivity index (χ3v) is 6.48. The van der Waals surface area contributed by atoms with Crippen LogP contribution in [0.15, 0.2) is 58.0 Å². The first kappa shape index (κ1) is 24.7. The first-order valence-corrected chi connectivity index (χ1v) is 12.1. The molecule has 12 heteroatoms. The quantitative estimate of drug-likeness (QED) is 0.291. The number of aliphatic hydroxyl groups is 1. The molecular weight excluding hydrogens is 514 g/mol. The van der Waals surface area contributed by atoms with Crippen LogP contribution in [-0.4, -0.2) is 50.9 Å². The molecule has 33 heavy (non-hydrogen) atoms. The summed E-state index contributed by atoms with van der Waals surface area (Å²) < 4.78 is 39.1. The van der Waals surface area contributed by atoms with Crippen LogP contribution in [0.1, 0.15) is 5.56 Å². The van der Waals surface area contributed by atoms with Crippen molar-refractivity contribution < 1.29 is 23.0 Å². The Morgan fingerprint density at radius 3 is 2.45 bits per heavy atom. The van der Waals surface area contributed by atoms with Crippen LogP contribution < -0.4 is 24.8 Å². The van der Waals surface area contributed by atoms with Gasteiger partial charge in [0.05, 0.1) is 30.2 Å². The third-order valence-electron chi connectivity index (χ3n) is 4.48. The summed E-state index contributed by atoms with van der Waals surface area (Å²) in [5, 5.41) is 15.0. The first-order valence-electron chi connectivity index (χ1n) is 9.81. The molecule has 176 valence electrons. The molecule has 0 saturated carbocycles. The second-order valence-corrected chi connectivity index (χ2v) is 9.33. The van der Waals surface area contributed by atoms with E-state index in [2.05, 4.69) is 41.3 Å². The van der Waals surface area contributed by atoms with E-state index in [1.807, 2.05) is 0 Å². The molecule has 0 aliphatic rings. The van der Waals surface area contributed by atoms with E-state index < -0.39 is 10.0 Å². The number of nitrogens with one attached hydrogen (secondary N) is 3. The molecule has 0 fully saturated rings. The van der Waals surface area contributed by atoms with Crippen LogP contribution in [-0.2, 0) is 16.6 Å². The molecule has 1 aromatic heterocycles. The number of benzene rings is 2. The standard InChI is InChI=1S/C21H24BrN5O5S/c1-31-18-8-3-14(11-19(18)32-2)12-25-33(29,30)16-6-4-15(5-7-16)26-21-24-13-17(22)20(27-21)23-9-10-28/h3-8,11,13,25,28H,9-10,12H2,1-2H3,(H2,23,24,26,27). The van der Waals surface area contributed by atoms with Crippen molar-refractivity contribution in [2.75, 3.05) is 38.0 Å². The highest BCUT2D eigenvalue weighted by Crippen LogP contribution is 2.28. The van der Waals surface area contributed by atoms with Crippen molar-refractivity contribution in [2.24, 2.45) is 0 Å². The van der Waals surface area contributed by atoms with E-state index >= 15 is 0 Å². The Hall–Kier alpha value is -2.93. The summed E-state index contributed by atoms with van der Waals surface area (Å²) in [5.41, 5.74) is 1.34. The highest BCUT2D eigenvalue weighted by Gasteiger charge is 2.15. The van der Waals surface area contributed by atoms with Gasteiger partial charge in [0.25, 0.3) is 0 Å². The minimum Gasteiger partial charge on any atom is -0.493 e. The molecule has 3 rings (SSSR count). The summed E-state index contributed by atoms with van der Waals surface area (Å²) >= 11 is 3.34. The lowest BCUT2D eigenvalue weighted by atomic mass is 10.2. The number of sulfonamides is 1. The van der Waals surface area contributed by atoms with Gasteiger partial charge in [0, 0.05) is 25.0 Å². The van der Waals surface area contributed by atoms with E-state index in [0.29, 0.717) is 40.0 Å². The number of rotatable bonds is 11. The van der Waals surface area contributed by atoms with Crippen LogP contribution in [0.4, 0.5) is 17.5 Å². The second-order valence-electron chi connectivity index (χ2n) is 6.70. The zero-order chi connectivity index (χ0) is 23.8. The predicted molar refractivity (Wildman–Crippen MR) is 129 cm³/mol. The molecule has 2 aromatic carbocycles. The van der Waals surface area contributed by atoms with Gasteiger partial charge in [-0.2, -0.15) is 4.98 Å². The second kappa shape index (κ2) is 11.3. The maximum absolute atomic E-state index is 12.7. The minimum atomic E-state index is -3.73. The lowest BCUT2D eigenvalue weighted by Crippen LogP contribution is -2.23. The number of anilines is 3. The molecule has 4 N–H and O–H groups in total. The highest BCUT2D eigenvalue weighted by atomic mass is 79.9. The molecule has 0 aliphatic carbocycles. The molecule has 10 nitrogen and oxygen atoms in total. The number of hydrogen-bond donors (Lipinski definition) is 4. The van der Waals surface area contributed by atoms with Crippen molar-refractivity contribution in [1.82, 2.24) is 14.7 Å². The summed E-state index contributed by atoms with van der Waals surface area (Å²) in [6.07, 6.45) is 1.58. The van der Waals surface area contributed by atoms with Crippen molar-refractivity contribution >= 4 is 43.4 Å². The first-order chi connectivity index (χ1) is 15.9. The number of nitrogens with zero attached hydrogens (tertiary/aromatic N) is 2. The topological polar surface area (TPSA) is 135 Å². The minimum absolute atomic E-state index is 0.0326. The third kappa shape index (κ3) is 6.54. The van der Waals surface area contributed by atoms with E-state index in [1.165, 1.54) is 26.4 Å². The van der Waals surface area contributed by atoms with Gasteiger partial charge >= 0.3 is 0 Å². The normalized spacial score (nSPS) is 11.2. The van der Waals surface area contributed by atoms with Crippen molar-refractivity contribution in [2.45, 2.75) is 11.4 Å². The van der Waals surface area contributed by atoms with Crippen molar-refractivity contribution in [3.63, 3.8) is 0 Å². The summed E-state index contributed by atoms with van der Waals surface area (Å²) in [6, 6.07) is 11.4. The van der Waals surface area contributed by atoms with Crippen LogP contribution in [0.25, 0.3) is 0 Å². The van der Waals surface area contributed by atoms with E-state index in [0.717, 1.165) is 5.56 Å². The number of hydrogen-bond acceptors (Lipinski definition) is 9. The van der Waals surface area contributed by atoms with E-state index in [1.54, 1.807) is 36.5 Å². The predicted octanol–water partition coefficient (Wildman–Crippen LogP) is 2.88. The number of halogens is 1. The van der Waals surface area contributed by atoms with Gasteiger partial charge in [0.2, 0.25) is 16.0 Å². The number of methoxy groups -OCH3 is 2. The molecule has 0 spiro atoms. The lowest BCUT2D eigenvalue weighted by molar-refractivity contribution is 0.311. The molecule has 0 amide bonds. The van der Waals surface area contributed by atoms with Gasteiger partial charge in [-0.25, -0.2) is 18.1 Å². The Kier molecular flexibility index (Phi) is 8.44. The number of aromatic nitrogens is 2. The van der Waals surface area contributed by atoms with Gasteiger partial charge in [-0.15, -0.1) is 0 Å². The van der Waals surface area contributed by atoms with Crippen molar-refractivity contribution in [1.29, 1.82) is 0 Å². The van der Waals surface area contributed by atoms with E-state index in [4.69, 9.17) is 14.6 Å². The molecule has 0 atom stereocenters. The number of aliphatic hydroxyl groups excluding tert-OH is 1. The Morgan fingerprint density at radius 1 is 1.06 bits per heavy atom. The maximum Gasteiger partial charge on any atom is 0.240 e. The molecule has 3 aromatic rings. The Balaban J connectivity index is 1.66. The van der Waals surface area contributed by atoms with Crippen LogP contribution in [0.5, 0.6) is 11.5 Å². The summed E-state index contributed by atoms with van der Waals surface area (Å²) in [6.45, 7) is 0.409. The maximum atomic E-state index is 12.7. The smallest absolute Gasteiger partial charge is 0.240 e. The van der Waals surface area contributed by atoms with Crippen LogP contribution in [0, 0.1) is 0 Å². The largest absolute Gasteiger partial charge is 0.493 e. The van der Waals surface area contributed by atoms with Gasteiger partial charge in [-0.1, -0.05) is 6.07 Å². The zero-order valence-electron chi connectivity index (χ0n) is 18.0. The van der Waals surface area contributed by atoms with Crippen molar-refractivity contribution in [3.8, 4) is 11.5 Å². The van der Waals surface area contributed by atoms with Gasteiger partial charge in [-0.05, 0) is 57.9 Å². The summed E-state index contributed by atoms with van der Waals surface area (Å²) in [4.78, 5) is 8.63. The molecule has 0 radical (unpaired) electrons. The average Bonchev–Trinajstić information content (AvgIpc) is 2.83. The van der Waals surface area contributed by atoms with Gasteiger partial charge in [-0.3, -0.25) is 0 Å². The monoisotopic (exact) mass is 537 g/mol.